The summed E-state index contributed by atoms with van der Waals surface area (Å²) in [5.74, 6) is 7.09. The quantitative estimate of drug-likeness (QED) is 0.464. The first kappa shape index (κ1) is 17.2. The molecule has 0 aliphatic rings. The Morgan fingerprint density at radius 2 is 1.79 bits per heavy atom. The first-order chi connectivity index (χ1) is 11.7. The monoisotopic (exact) mass is 322 g/mol. The molecule has 0 bridgehead atoms. The highest BCUT2D eigenvalue weighted by Crippen LogP contribution is 2.23. The van der Waals surface area contributed by atoms with Crippen LogP contribution in [0.3, 0.4) is 0 Å². The fourth-order valence-electron chi connectivity index (χ4n) is 1.96. The highest BCUT2D eigenvalue weighted by Gasteiger charge is 2.05. The van der Waals surface area contributed by atoms with Gasteiger partial charge in [-0.1, -0.05) is 18.6 Å². The molecule has 0 saturated carbocycles. The number of benzene rings is 2. The average molecular weight is 322 g/mol. The van der Waals surface area contributed by atoms with E-state index in [9.17, 15) is 4.79 Å². The summed E-state index contributed by atoms with van der Waals surface area (Å²) in [6.07, 6.45) is 1.66. The van der Waals surface area contributed by atoms with Gasteiger partial charge in [0, 0.05) is 11.6 Å². The molecule has 2 aromatic rings. The molecule has 0 aliphatic carbocycles. The fourth-order valence-corrected chi connectivity index (χ4v) is 1.96. The van der Waals surface area contributed by atoms with Gasteiger partial charge in [-0.3, -0.25) is 4.79 Å². The van der Waals surface area contributed by atoms with Crippen molar-refractivity contribution in [1.82, 2.24) is 0 Å². The maximum Gasteiger partial charge on any atom is 0.236 e. The lowest BCUT2D eigenvalue weighted by Crippen LogP contribution is -1.97. The Morgan fingerprint density at radius 3 is 2.42 bits per heavy atom. The van der Waals surface area contributed by atoms with Gasteiger partial charge < -0.3 is 14.2 Å². The van der Waals surface area contributed by atoms with E-state index < -0.39 is 0 Å². The third-order valence-electron chi connectivity index (χ3n) is 3.20. The van der Waals surface area contributed by atoms with E-state index in [1.807, 2.05) is 0 Å². The number of ether oxygens (including phenoxy) is 3. The molecule has 0 atom stereocenters. The van der Waals surface area contributed by atoms with Gasteiger partial charge in [-0.15, -0.1) is 0 Å². The number of carbonyl (C=O) groups excluding carboxylic acids is 1. The van der Waals surface area contributed by atoms with E-state index in [2.05, 4.69) is 18.4 Å². The molecule has 0 spiro atoms. The lowest BCUT2D eigenvalue weighted by Gasteiger charge is -2.05. The maximum atomic E-state index is 12.2. The normalized spacial score (nSPS) is 9.42. The molecule has 2 aromatic carbocycles. The van der Waals surface area contributed by atoms with E-state index >= 15 is 0 Å². The molecule has 122 valence electrons. The van der Waals surface area contributed by atoms with Gasteiger partial charge in [0.2, 0.25) is 5.78 Å². The Bertz CT molecular complexity index is 780. The van der Waals surface area contributed by atoms with Gasteiger partial charge in [0.25, 0.3) is 0 Å². The van der Waals surface area contributed by atoms with Crippen molar-refractivity contribution in [3.05, 3.63) is 66.2 Å². The van der Waals surface area contributed by atoms with Crippen LogP contribution in [0.15, 0.2) is 55.1 Å². The topological polar surface area (TPSA) is 44.8 Å². The Kier molecular flexibility index (Phi) is 6.04. The Morgan fingerprint density at radius 1 is 1.08 bits per heavy atom. The molecule has 0 aliphatic heterocycles. The Labute approximate surface area is 141 Å². The van der Waals surface area contributed by atoms with Crippen LogP contribution in [0.2, 0.25) is 0 Å². The number of ketones is 1. The van der Waals surface area contributed by atoms with Crippen LogP contribution in [0, 0.1) is 11.8 Å². The van der Waals surface area contributed by atoms with Crippen molar-refractivity contribution in [3.8, 4) is 29.1 Å². The smallest absolute Gasteiger partial charge is 0.236 e. The summed E-state index contributed by atoms with van der Waals surface area (Å²) in [4.78, 5) is 12.2. The SMILES string of the molecule is C=CCOc1ccc(C(=O)C#Cc2ccc(OC)cc2OC)cc1. The summed E-state index contributed by atoms with van der Waals surface area (Å²) >= 11 is 0. The minimum absolute atomic E-state index is 0.275. The van der Waals surface area contributed by atoms with Crippen LogP contribution in [0.1, 0.15) is 15.9 Å². The maximum absolute atomic E-state index is 12.2. The summed E-state index contributed by atoms with van der Waals surface area (Å²) in [7, 11) is 3.12. The van der Waals surface area contributed by atoms with Gasteiger partial charge >= 0.3 is 0 Å². The van der Waals surface area contributed by atoms with E-state index in [0.29, 0.717) is 35.0 Å². The number of methoxy groups -OCH3 is 2. The molecule has 0 N–H and O–H groups in total. The first-order valence-corrected chi connectivity index (χ1v) is 7.30. The highest BCUT2D eigenvalue weighted by molar-refractivity contribution is 6.09. The van der Waals surface area contributed by atoms with Crippen molar-refractivity contribution in [3.63, 3.8) is 0 Å². The zero-order valence-electron chi connectivity index (χ0n) is 13.7. The lowest BCUT2D eigenvalue weighted by molar-refractivity contribution is 0.105. The predicted octanol–water partition coefficient (Wildman–Crippen LogP) is 3.50. The van der Waals surface area contributed by atoms with Crippen molar-refractivity contribution >= 4 is 5.78 Å². The van der Waals surface area contributed by atoms with Crippen molar-refractivity contribution < 1.29 is 19.0 Å². The van der Waals surface area contributed by atoms with Crippen molar-refractivity contribution in [2.24, 2.45) is 0 Å². The molecule has 24 heavy (non-hydrogen) atoms. The molecule has 2 rings (SSSR count). The van der Waals surface area contributed by atoms with E-state index in [-0.39, 0.29) is 5.78 Å². The number of hydrogen-bond donors (Lipinski definition) is 0. The Balaban J connectivity index is 2.15. The second kappa shape index (κ2) is 8.44. The number of hydrogen-bond acceptors (Lipinski definition) is 4. The third kappa shape index (κ3) is 4.40. The summed E-state index contributed by atoms with van der Waals surface area (Å²) in [6.45, 7) is 4.01. The fraction of sp³-hybridized carbons (Fsp3) is 0.150. The largest absolute Gasteiger partial charge is 0.497 e. The molecular formula is C20H18O4. The molecular weight excluding hydrogens is 304 g/mol. The summed E-state index contributed by atoms with van der Waals surface area (Å²) in [5, 5.41) is 0. The highest BCUT2D eigenvalue weighted by atomic mass is 16.5. The first-order valence-electron chi connectivity index (χ1n) is 7.30. The molecule has 0 heterocycles. The molecule has 4 heteroatoms. The van der Waals surface area contributed by atoms with Gasteiger partial charge in [0.1, 0.15) is 23.9 Å². The molecule has 0 unspecified atom stereocenters. The van der Waals surface area contributed by atoms with Crippen LogP contribution in [-0.4, -0.2) is 26.6 Å². The Hall–Kier alpha value is -3.19. The lowest BCUT2D eigenvalue weighted by atomic mass is 10.1. The minimum atomic E-state index is -0.275. The number of rotatable bonds is 6. The average Bonchev–Trinajstić information content (AvgIpc) is 2.64. The number of Topliss-reactive ketones (excluding diaryl/α,β-unsaturated/α-hetero) is 1. The van der Waals surface area contributed by atoms with Gasteiger partial charge in [0.05, 0.1) is 19.8 Å². The second-order valence-electron chi connectivity index (χ2n) is 4.77. The van der Waals surface area contributed by atoms with E-state index in [1.54, 1.807) is 62.8 Å². The standard InChI is InChI=1S/C20H18O4/c1-4-13-24-17-9-5-15(6-10-17)19(21)12-8-16-7-11-18(22-2)14-20(16)23-3/h4-7,9-11,14H,1,13H2,2-3H3. The molecule has 0 radical (unpaired) electrons. The molecule has 0 amide bonds. The summed E-state index contributed by atoms with van der Waals surface area (Å²) in [5.41, 5.74) is 1.12. The van der Waals surface area contributed by atoms with E-state index in [4.69, 9.17) is 14.2 Å². The van der Waals surface area contributed by atoms with E-state index in [0.717, 1.165) is 0 Å². The van der Waals surface area contributed by atoms with Crippen LogP contribution in [-0.2, 0) is 0 Å². The third-order valence-corrected chi connectivity index (χ3v) is 3.20. The van der Waals surface area contributed by atoms with Crippen LogP contribution >= 0.6 is 0 Å². The second-order valence-corrected chi connectivity index (χ2v) is 4.77. The van der Waals surface area contributed by atoms with Crippen molar-refractivity contribution in [1.29, 1.82) is 0 Å². The van der Waals surface area contributed by atoms with Crippen LogP contribution in [0.5, 0.6) is 17.2 Å². The minimum Gasteiger partial charge on any atom is -0.497 e. The van der Waals surface area contributed by atoms with Gasteiger partial charge in [-0.05, 0) is 42.3 Å². The van der Waals surface area contributed by atoms with Crippen LogP contribution in [0.25, 0.3) is 0 Å². The molecule has 0 aromatic heterocycles. The zero-order valence-corrected chi connectivity index (χ0v) is 13.7. The van der Waals surface area contributed by atoms with Gasteiger partial charge in [-0.2, -0.15) is 0 Å². The molecule has 0 fully saturated rings. The van der Waals surface area contributed by atoms with Crippen LogP contribution < -0.4 is 14.2 Å². The predicted molar refractivity (Wildman–Crippen MR) is 92.9 cm³/mol. The van der Waals surface area contributed by atoms with Crippen molar-refractivity contribution in [2.75, 3.05) is 20.8 Å². The van der Waals surface area contributed by atoms with E-state index in [1.165, 1.54) is 0 Å². The van der Waals surface area contributed by atoms with Gasteiger partial charge in [-0.25, -0.2) is 0 Å². The van der Waals surface area contributed by atoms with Crippen LogP contribution in [0.4, 0.5) is 0 Å². The van der Waals surface area contributed by atoms with Gasteiger partial charge in [0.15, 0.2) is 0 Å². The number of carbonyl (C=O) groups is 1. The van der Waals surface area contributed by atoms with Crippen molar-refractivity contribution in [2.45, 2.75) is 0 Å². The summed E-state index contributed by atoms with van der Waals surface area (Å²) in [6, 6.07) is 12.1. The summed E-state index contributed by atoms with van der Waals surface area (Å²) < 4.78 is 15.8. The molecule has 0 saturated heterocycles. The zero-order chi connectivity index (χ0) is 17.4. The molecule has 4 nitrogen and oxygen atoms in total.